The van der Waals surface area contributed by atoms with Gasteiger partial charge in [-0.3, -0.25) is 0 Å². The van der Waals surface area contributed by atoms with Crippen molar-refractivity contribution < 1.29 is 5.11 Å². The van der Waals surface area contributed by atoms with Crippen molar-refractivity contribution in [2.45, 2.75) is 26.4 Å². The molecule has 0 aliphatic rings. The Balaban J connectivity index is 3.07. The van der Waals surface area contributed by atoms with Crippen molar-refractivity contribution in [2.24, 2.45) is 5.92 Å². The second-order valence-corrected chi connectivity index (χ2v) is 4.25. The van der Waals surface area contributed by atoms with Gasteiger partial charge in [-0.2, -0.15) is 0 Å². The van der Waals surface area contributed by atoms with Crippen LogP contribution in [0.2, 0.25) is 5.02 Å². The summed E-state index contributed by atoms with van der Waals surface area (Å²) in [6, 6.07) is 7.36. The summed E-state index contributed by atoms with van der Waals surface area (Å²) in [4.78, 5) is 0. The highest BCUT2D eigenvalue weighted by atomic mass is 35.5. The number of benzene rings is 1. The Labute approximate surface area is 84.4 Å². The Bertz CT molecular complexity index is 292. The van der Waals surface area contributed by atoms with Gasteiger partial charge in [0.15, 0.2) is 0 Å². The van der Waals surface area contributed by atoms with Crippen LogP contribution in [-0.4, -0.2) is 5.11 Å². The summed E-state index contributed by atoms with van der Waals surface area (Å²) in [5, 5.41) is 10.8. The minimum absolute atomic E-state index is 0.172. The number of rotatable bonds is 2. The molecule has 0 amide bonds. The molecule has 2 heteroatoms. The molecule has 13 heavy (non-hydrogen) atoms. The summed E-state index contributed by atoms with van der Waals surface area (Å²) in [6.07, 6.45) is 0. The van der Waals surface area contributed by atoms with Crippen LogP contribution in [0.25, 0.3) is 0 Å². The van der Waals surface area contributed by atoms with Gasteiger partial charge in [0.2, 0.25) is 0 Å². The predicted molar refractivity (Wildman–Crippen MR) is 55.9 cm³/mol. The van der Waals surface area contributed by atoms with Gasteiger partial charge in [-0.15, -0.1) is 0 Å². The molecule has 1 aromatic carbocycles. The predicted octanol–water partition coefficient (Wildman–Crippen LogP) is 3.20. The van der Waals surface area contributed by atoms with Crippen LogP contribution in [0.15, 0.2) is 24.3 Å². The van der Waals surface area contributed by atoms with Gasteiger partial charge >= 0.3 is 0 Å². The molecule has 1 aromatic rings. The SMILES string of the molecule is CC(C)[C@@](C)(O)c1cccc(Cl)c1. The Hall–Kier alpha value is -0.530. The van der Waals surface area contributed by atoms with Crippen LogP contribution in [0.3, 0.4) is 0 Å². The number of aliphatic hydroxyl groups is 1. The number of hydrogen-bond donors (Lipinski definition) is 1. The fourth-order valence-electron chi connectivity index (χ4n) is 1.14. The van der Waals surface area contributed by atoms with E-state index in [1.54, 1.807) is 0 Å². The van der Waals surface area contributed by atoms with Gasteiger partial charge in [-0.25, -0.2) is 0 Å². The Morgan fingerprint density at radius 2 is 2.00 bits per heavy atom. The van der Waals surface area contributed by atoms with Crippen LogP contribution in [0.1, 0.15) is 26.3 Å². The highest BCUT2D eigenvalue weighted by Gasteiger charge is 2.26. The van der Waals surface area contributed by atoms with E-state index in [0.29, 0.717) is 5.02 Å². The summed E-state index contributed by atoms with van der Waals surface area (Å²) in [7, 11) is 0. The van der Waals surface area contributed by atoms with Crippen LogP contribution >= 0.6 is 11.6 Å². The molecule has 0 aliphatic heterocycles. The number of halogens is 1. The second kappa shape index (κ2) is 3.69. The van der Waals surface area contributed by atoms with E-state index in [1.807, 2.05) is 45.0 Å². The molecule has 0 saturated carbocycles. The minimum atomic E-state index is -0.801. The summed E-state index contributed by atoms with van der Waals surface area (Å²) in [5.74, 6) is 0.172. The zero-order valence-corrected chi connectivity index (χ0v) is 8.97. The van der Waals surface area contributed by atoms with Crippen molar-refractivity contribution >= 4 is 11.6 Å². The van der Waals surface area contributed by atoms with Crippen LogP contribution in [0.5, 0.6) is 0 Å². The van der Waals surface area contributed by atoms with Crippen LogP contribution in [0, 0.1) is 5.92 Å². The van der Waals surface area contributed by atoms with Crippen molar-refractivity contribution in [1.82, 2.24) is 0 Å². The van der Waals surface area contributed by atoms with Gasteiger partial charge in [-0.05, 0) is 30.5 Å². The third-order valence-corrected chi connectivity index (χ3v) is 2.77. The van der Waals surface area contributed by atoms with Gasteiger partial charge in [0.25, 0.3) is 0 Å². The van der Waals surface area contributed by atoms with Gasteiger partial charge in [-0.1, -0.05) is 37.6 Å². The van der Waals surface area contributed by atoms with Crippen molar-refractivity contribution in [3.8, 4) is 0 Å². The van der Waals surface area contributed by atoms with Crippen molar-refractivity contribution in [3.63, 3.8) is 0 Å². The molecule has 0 saturated heterocycles. The van der Waals surface area contributed by atoms with Crippen molar-refractivity contribution in [3.05, 3.63) is 34.9 Å². The van der Waals surface area contributed by atoms with E-state index in [4.69, 9.17) is 11.6 Å². The third kappa shape index (κ3) is 2.23. The monoisotopic (exact) mass is 198 g/mol. The quantitative estimate of drug-likeness (QED) is 0.774. The van der Waals surface area contributed by atoms with Crippen LogP contribution in [-0.2, 0) is 5.60 Å². The smallest absolute Gasteiger partial charge is 0.0891 e. The maximum Gasteiger partial charge on any atom is 0.0891 e. The lowest BCUT2D eigenvalue weighted by molar-refractivity contribution is 0.00906. The normalized spacial score (nSPS) is 15.8. The van der Waals surface area contributed by atoms with E-state index in [0.717, 1.165) is 5.56 Å². The topological polar surface area (TPSA) is 20.2 Å². The highest BCUT2D eigenvalue weighted by Crippen LogP contribution is 2.29. The third-order valence-electron chi connectivity index (χ3n) is 2.53. The molecule has 1 atom stereocenters. The maximum atomic E-state index is 10.1. The van der Waals surface area contributed by atoms with Gasteiger partial charge in [0.05, 0.1) is 5.60 Å². The summed E-state index contributed by atoms with van der Waals surface area (Å²) in [5.41, 5.74) is 0.0697. The lowest BCUT2D eigenvalue weighted by Gasteiger charge is -2.28. The molecule has 0 aliphatic carbocycles. The van der Waals surface area contributed by atoms with Crippen molar-refractivity contribution in [1.29, 1.82) is 0 Å². The molecular formula is C11H15ClO. The minimum Gasteiger partial charge on any atom is -0.385 e. The molecule has 1 N–H and O–H groups in total. The second-order valence-electron chi connectivity index (χ2n) is 3.81. The molecule has 72 valence electrons. The number of hydrogen-bond acceptors (Lipinski definition) is 1. The fraction of sp³-hybridized carbons (Fsp3) is 0.455. The molecule has 0 bridgehead atoms. The first-order valence-corrected chi connectivity index (χ1v) is 4.81. The summed E-state index contributed by atoms with van der Waals surface area (Å²) in [6.45, 7) is 5.78. The van der Waals surface area contributed by atoms with E-state index >= 15 is 0 Å². The molecule has 0 aromatic heterocycles. The zero-order chi connectivity index (χ0) is 10.1. The molecule has 0 fully saturated rings. The van der Waals surface area contributed by atoms with Crippen molar-refractivity contribution in [2.75, 3.05) is 0 Å². The summed E-state index contributed by atoms with van der Waals surface area (Å²) >= 11 is 5.84. The molecule has 0 heterocycles. The van der Waals surface area contributed by atoms with E-state index in [2.05, 4.69) is 0 Å². The lowest BCUT2D eigenvalue weighted by atomic mass is 9.85. The lowest BCUT2D eigenvalue weighted by Crippen LogP contribution is -2.27. The summed E-state index contributed by atoms with van der Waals surface area (Å²) < 4.78 is 0. The average Bonchev–Trinajstić information content (AvgIpc) is 2.04. The average molecular weight is 199 g/mol. The van der Waals surface area contributed by atoms with E-state index < -0.39 is 5.60 Å². The Morgan fingerprint density at radius 3 is 2.46 bits per heavy atom. The molecule has 0 spiro atoms. The highest BCUT2D eigenvalue weighted by molar-refractivity contribution is 6.30. The molecule has 0 unspecified atom stereocenters. The fourth-order valence-corrected chi connectivity index (χ4v) is 1.33. The molecule has 0 radical (unpaired) electrons. The molecule has 1 nitrogen and oxygen atoms in total. The molecular weight excluding hydrogens is 184 g/mol. The first kappa shape index (κ1) is 10.6. The van der Waals surface area contributed by atoms with E-state index in [9.17, 15) is 5.11 Å². The van der Waals surface area contributed by atoms with Gasteiger partial charge in [0, 0.05) is 5.02 Å². The van der Waals surface area contributed by atoms with Crippen LogP contribution < -0.4 is 0 Å². The first-order chi connectivity index (χ1) is 5.94. The Morgan fingerprint density at radius 1 is 1.38 bits per heavy atom. The van der Waals surface area contributed by atoms with Gasteiger partial charge in [0.1, 0.15) is 0 Å². The largest absolute Gasteiger partial charge is 0.385 e. The maximum absolute atomic E-state index is 10.1. The standard InChI is InChI=1S/C11H15ClO/c1-8(2)11(3,13)9-5-4-6-10(12)7-9/h4-8,13H,1-3H3/t11-/m1/s1. The Kier molecular flexibility index (Phi) is 2.99. The van der Waals surface area contributed by atoms with Gasteiger partial charge < -0.3 is 5.11 Å². The van der Waals surface area contributed by atoms with E-state index in [1.165, 1.54) is 0 Å². The van der Waals surface area contributed by atoms with E-state index in [-0.39, 0.29) is 5.92 Å². The van der Waals surface area contributed by atoms with Crippen LogP contribution in [0.4, 0.5) is 0 Å². The first-order valence-electron chi connectivity index (χ1n) is 4.43. The molecule has 1 rings (SSSR count). The zero-order valence-electron chi connectivity index (χ0n) is 8.21.